The Morgan fingerprint density at radius 2 is 1.79 bits per heavy atom. The van der Waals surface area contributed by atoms with Gasteiger partial charge in [-0.2, -0.15) is 11.8 Å². The maximum Gasteiger partial charge on any atom is 0.408 e. The topological polar surface area (TPSA) is 102 Å². The number of carbonyl (C=O) groups is 4. The minimum Gasteiger partial charge on any atom is -0.444 e. The van der Waals surface area contributed by atoms with Gasteiger partial charge in [0, 0.05) is 5.75 Å². The third kappa shape index (κ3) is 4.30. The van der Waals surface area contributed by atoms with Crippen molar-refractivity contribution in [3.8, 4) is 0 Å². The highest BCUT2D eigenvalue weighted by Gasteiger charge is 2.43. The molecule has 2 aliphatic heterocycles. The lowest BCUT2D eigenvalue weighted by atomic mass is 9.95. The molecule has 8 nitrogen and oxygen atoms in total. The van der Waals surface area contributed by atoms with E-state index >= 15 is 0 Å². The number of carbonyl (C=O) groups excluding carboxylic acids is 4. The van der Waals surface area contributed by atoms with E-state index in [-0.39, 0.29) is 17.5 Å². The Balaban J connectivity index is 1.66. The Bertz CT molecular complexity index is 791. The van der Waals surface area contributed by atoms with Crippen molar-refractivity contribution in [1.29, 1.82) is 0 Å². The van der Waals surface area contributed by atoms with Crippen LogP contribution in [0, 0.1) is 0 Å². The van der Waals surface area contributed by atoms with E-state index in [0.717, 1.165) is 5.75 Å². The van der Waals surface area contributed by atoms with Gasteiger partial charge in [0.05, 0.1) is 23.1 Å². The molecule has 0 aromatic heterocycles. The lowest BCUT2D eigenvalue weighted by Crippen LogP contribution is -2.52. The molecule has 1 fully saturated rings. The molecule has 0 saturated carbocycles. The molecule has 1 aromatic carbocycles. The summed E-state index contributed by atoms with van der Waals surface area (Å²) in [6.07, 6.45) is -0.246. The highest BCUT2D eigenvalue weighted by molar-refractivity contribution is 7.99. The van der Waals surface area contributed by atoms with Gasteiger partial charge in [-0.15, -0.1) is 0 Å². The summed E-state index contributed by atoms with van der Waals surface area (Å²) < 4.78 is 5.29. The number of rotatable bonds is 4. The molecule has 3 amide bonds. The van der Waals surface area contributed by atoms with E-state index in [1.165, 1.54) is 12.1 Å². The van der Waals surface area contributed by atoms with Gasteiger partial charge in [-0.1, -0.05) is 17.2 Å². The Hall–Kier alpha value is -2.55. The summed E-state index contributed by atoms with van der Waals surface area (Å²) in [5.41, 5.74) is -1.13. The monoisotopic (exact) mass is 406 g/mol. The summed E-state index contributed by atoms with van der Waals surface area (Å²) in [5, 5.41) is 3.26. The third-order valence-corrected chi connectivity index (χ3v) is 5.55. The normalized spacial score (nSPS) is 21.5. The van der Waals surface area contributed by atoms with E-state index in [4.69, 9.17) is 9.57 Å². The molecule has 2 heterocycles. The second-order valence-electron chi connectivity index (χ2n) is 7.80. The fourth-order valence-corrected chi connectivity index (χ4v) is 4.46. The van der Waals surface area contributed by atoms with Crippen LogP contribution in [0.3, 0.4) is 0 Å². The number of fused-ring (bicyclic) bond motifs is 1. The standard InChI is InChI=1S/C19H22N2O6S/c1-18(2,3)26-17(25)20-19(8-9-28-11-19)10-14(22)27-21-15(23)12-6-4-5-7-13(12)16(21)24/h4-7H,8-11H2,1-3H3,(H,20,25). The molecule has 0 radical (unpaired) electrons. The quantitative estimate of drug-likeness (QED) is 0.767. The van der Waals surface area contributed by atoms with Crippen molar-refractivity contribution in [3.63, 3.8) is 0 Å². The number of hydrogen-bond donors (Lipinski definition) is 1. The molecule has 2 aliphatic rings. The second kappa shape index (κ2) is 7.46. The van der Waals surface area contributed by atoms with Crippen LogP contribution < -0.4 is 5.32 Å². The lowest BCUT2D eigenvalue weighted by molar-refractivity contribution is -0.170. The van der Waals surface area contributed by atoms with Crippen molar-refractivity contribution in [1.82, 2.24) is 10.4 Å². The first-order chi connectivity index (χ1) is 13.1. The highest BCUT2D eigenvalue weighted by atomic mass is 32.2. The first kappa shape index (κ1) is 20.2. The number of ether oxygens (including phenoxy) is 1. The third-order valence-electron chi connectivity index (χ3n) is 4.30. The van der Waals surface area contributed by atoms with E-state index in [1.807, 2.05) is 0 Å². The lowest BCUT2D eigenvalue weighted by Gasteiger charge is -2.30. The maximum atomic E-state index is 12.5. The predicted octanol–water partition coefficient (Wildman–Crippen LogP) is 2.53. The van der Waals surface area contributed by atoms with Gasteiger partial charge in [0.1, 0.15) is 5.60 Å². The Kier molecular flexibility index (Phi) is 5.38. The van der Waals surface area contributed by atoms with Crippen molar-refractivity contribution in [3.05, 3.63) is 35.4 Å². The van der Waals surface area contributed by atoms with Crippen LogP contribution in [0.4, 0.5) is 4.79 Å². The number of hydrogen-bond acceptors (Lipinski definition) is 7. The van der Waals surface area contributed by atoms with Gasteiger partial charge >= 0.3 is 12.1 Å². The summed E-state index contributed by atoms with van der Waals surface area (Å²) in [4.78, 5) is 54.4. The highest BCUT2D eigenvalue weighted by Crippen LogP contribution is 2.32. The molecule has 1 N–H and O–H groups in total. The van der Waals surface area contributed by atoms with Crippen LogP contribution in [0.2, 0.25) is 0 Å². The zero-order valence-electron chi connectivity index (χ0n) is 15.9. The minimum atomic E-state index is -0.844. The second-order valence-corrected chi connectivity index (χ2v) is 8.91. The summed E-state index contributed by atoms with van der Waals surface area (Å²) in [6, 6.07) is 6.26. The Labute approximate surface area is 166 Å². The largest absolute Gasteiger partial charge is 0.444 e. The van der Waals surface area contributed by atoms with Crippen LogP contribution in [-0.2, 0) is 14.4 Å². The molecule has 0 spiro atoms. The van der Waals surface area contributed by atoms with E-state index in [0.29, 0.717) is 17.2 Å². The van der Waals surface area contributed by atoms with Crippen LogP contribution in [-0.4, -0.2) is 51.6 Å². The van der Waals surface area contributed by atoms with E-state index in [9.17, 15) is 19.2 Å². The molecular formula is C19H22N2O6S. The molecule has 1 saturated heterocycles. The summed E-state index contributed by atoms with van der Waals surface area (Å²) in [6.45, 7) is 5.25. The van der Waals surface area contributed by atoms with Crippen molar-refractivity contribution >= 4 is 35.6 Å². The summed E-state index contributed by atoms with van der Waals surface area (Å²) in [5.74, 6) is -0.861. The maximum absolute atomic E-state index is 12.5. The zero-order chi connectivity index (χ0) is 20.5. The Morgan fingerprint density at radius 1 is 1.18 bits per heavy atom. The van der Waals surface area contributed by atoms with Crippen LogP contribution in [0.25, 0.3) is 0 Å². The van der Waals surface area contributed by atoms with Gasteiger partial charge in [-0.25, -0.2) is 9.59 Å². The SMILES string of the molecule is CC(C)(C)OC(=O)NC1(CC(=O)ON2C(=O)c3ccccc3C2=O)CCSC1. The van der Waals surface area contributed by atoms with Gasteiger partial charge in [0.2, 0.25) is 0 Å². The Morgan fingerprint density at radius 3 is 2.29 bits per heavy atom. The van der Waals surface area contributed by atoms with Crippen molar-refractivity contribution in [2.75, 3.05) is 11.5 Å². The van der Waals surface area contributed by atoms with Gasteiger partial charge in [0.25, 0.3) is 11.8 Å². The first-order valence-electron chi connectivity index (χ1n) is 8.88. The average molecular weight is 406 g/mol. The number of nitrogens with zero attached hydrogens (tertiary/aromatic N) is 1. The van der Waals surface area contributed by atoms with Crippen LogP contribution in [0.15, 0.2) is 24.3 Å². The summed E-state index contributed by atoms with van der Waals surface area (Å²) >= 11 is 1.59. The molecule has 3 rings (SSSR count). The molecule has 0 bridgehead atoms. The fraction of sp³-hybridized carbons (Fsp3) is 0.474. The number of nitrogens with one attached hydrogen (secondary N) is 1. The molecule has 28 heavy (non-hydrogen) atoms. The fourth-order valence-electron chi connectivity index (χ4n) is 3.07. The van der Waals surface area contributed by atoms with Gasteiger partial charge in [-0.3, -0.25) is 9.59 Å². The van der Waals surface area contributed by atoms with Crippen LogP contribution in [0.1, 0.15) is 54.3 Å². The van der Waals surface area contributed by atoms with Gasteiger partial charge in [0.15, 0.2) is 0 Å². The van der Waals surface area contributed by atoms with Gasteiger partial charge in [-0.05, 0) is 45.1 Å². The molecule has 1 aromatic rings. The number of thioether (sulfide) groups is 1. The van der Waals surface area contributed by atoms with Crippen molar-refractivity contribution in [2.45, 2.75) is 44.8 Å². The van der Waals surface area contributed by atoms with Crippen molar-refractivity contribution < 1.29 is 28.8 Å². The van der Waals surface area contributed by atoms with E-state index < -0.39 is 35.0 Å². The van der Waals surface area contributed by atoms with Crippen LogP contribution in [0.5, 0.6) is 0 Å². The van der Waals surface area contributed by atoms with Crippen LogP contribution >= 0.6 is 11.8 Å². The zero-order valence-corrected chi connectivity index (χ0v) is 16.8. The first-order valence-corrected chi connectivity index (χ1v) is 10.0. The number of amides is 3. The number of hydroxylamine groups is 2. The van der Waals surface area contributed by atoms with E-state index in [2.05, 4.69) is 5.32 Å². The molecular weight excluding hydrogens is 384 g/mol. The van der Waals surface area contributed by atoms with Gasteiger partial charge < -0.3 is 14.9 Å². The molecule has 1 unspecified atom stereocenters. The minimum absolute atomic E-state index is 0.174. The predicted molar refractivity (Wildman–Crippen MR) is 102 cm³/mol. The summed E-state index contributed by atoms with van der Waals surface area (Å²) in [7, 11) is 0. The van der Waals surface area contributed by atoms with Crippen molar-refractivity contribution in [2.24, 2.45) is 0 Å². The van der Waals surface area contributed by atoms with E-state index in [1.54, 1.807) is 44.7 Å². The number of benzene rings is 1. The number of imide groups is 1. The molecule has 9 heteroatoms. The molecule has 0 aliphatic carbocycles. The molecule has 1 atom stereocenters. The smallest absolute Gasteiger partial charge is 0.408 e. The average Bonchev–Trinajstić information content (AvgIpc) is 3.12. The molecule has 150 valence electrons. The number of alkyl carbamates (subject to hydrolysis) is 1.